The van der Waals surface area contributed by atoms with E-state index in [4.69, 9.17) is 0 Å². The molecule has 17 aromatic carbocycles. The van der Waals surface area contributed by atoms with Gasteiger partial charge in [0.1, 0.15) is 0 Å². The standard InChI is InChI=1S/C48H30N2.C44H28N2/c1-2-12-37(13-3-1)49-43-16-8-6-14-41(43)47-39-24-19-33(28-35(39)21-26-45(47)49)34-20-25-40-36(29-34)22-27-46-48(40)42-15-7-9-17-44(42)50(46)38-23-18-31-10-4-5-11-32(31)30-38;1-3-11-33(12-4-1)45-39-17-9-7-15-37(39)43-35-23-19-29(27-31(35)21-25-41(43)45)30-20-24-36-32(28-30)22-26-42-44(36)38-16-8-10-18-40(38)46(42)34-13-5-2-6-14-34/h1-30H;1-28H. The number of nitrogens with zero attached hydrogens (tertiary/aromatic N) is 4. The fourth-order valence-corrected chi connectivity index (χ4v) is 16.1. The van der Waals surface area contributed by atoms with E-state index in [9.17, 15) is 0 Å². The minimum absolute atomic E-state index is 1.18. The lowest BCUT2D eigenvalue weighted by molar-refractivity contribution is 1.18. The molecule has 0 amide bonds. The van der Waals surface area contributed by atoms with Crippen LogP contribution < -0.4 is 0 Å². The Hall–Kier alpha value is -12.8. The maximum absolute atomic E-state index is 2.42. The molecule has 0 atom stereocenters. The van der Waals surface area contributed by atoms with Gasteiger partial charge in [-0.2, -0.15) is 0 Å². The largest absolute Gasteiger partial charge is 0.309 e. The molecule has 0 spiro atoms. The third-order valence-corrected chi connectivity index (χ3v) is 20.3. The summed E-state index contributed by atoms with van der Waals surface area (Å²) in [6.07, 6.45) is 0. The van der Waals surface area contributed by atoms with E-state index < -0.39 is 0 Å². The van der Waals surface area contributed by atoms with Crippen molar-refractivity contribution >= 4 is 141 Å². The molecule has 0 radical (unpaired) electrons. The van der Waals surface area contributed by atoms with Crippen LogP contribution in [0.15, 0.2) is 352 Å². The van der Waals surface area contributed by atoms with Gasteiger partial charge < -0.3 is 18.3 Å². The second-order valence-electron chi connectivity index (χ2n) is 25.5. The van der Waals surface area contributed by atoms with Gasteiger partial charge in [0.2, 0.25) is 0 Å². The monoisotopic (exact) mass is 1220 g/mol. The van der Waals surface area contributed by atoms with Crippen LogP contribution in [0.3, 0.4) is 0 Å². The van der Waals surface area contributed by atoms with Crippen molar-refractivity contribution in [2.75, 3.05) is 0 Å². The van der Waals surface area contributed by atoms with Crippen molar-refractivity contribution in [1.29, 1.82) is 0 Å². The number of rotatable bonds is 6. The van der Waals surface area contributed by atoms with E-state index in [1.807, 2.05) is 0 Å². The molecule has 0 N–H and O–H groups in total. The summed E-state index contributed by atoms with van der Waals surface area (Å²) in [5.41, 5.74) is 19.5. The van der Waals surface area contributed by atoms with Crippen LogP contribution in [0.25, 0.3) is 186 Å². The van der Waals surface area contributed by atoms with E-state index in [1.165, 1.54) is 186 Å². The molecule has 446 valence electrons. The Morgan fingerprint density at radius 1 is 0.135 bits per heavy atom. The first-order valence-electron chi connectivity index (χ1n) is 33.1. The highest BCUT2D eigenvalue weighted by atomic mass is 15.0. The summed E-state index contributed by atoms with van der Waals surface area (Å²) in [6.45, 7) is 0. The second kappa shape index (κ2) is 21.4. The van der Waals surface area contributed by atoms with Crippen LogP contribution in [0.2, 0.25) is 0 Å². The Labute approximate surface area is 552 Å². The van der Waals surface area contributed by atoms with E-state index in [0.29, 0.717) is 0 Å². The van der Waals surface area contributed by atoms with Gasteiger partial charge in [-0.25, -0.2) is 0 Å². The second-order valence-corrected chi connectivity index (χ2v) is 25.5. The number of aromatic nitrogens is 4. The molecule has 96 heavy (non-hydrogen) atoms. The average Bonchev–Trinajstić information content (AvgIpc) is 1.59. The van der Waals surface area contributed by atoms with Gasteiger partial charge in [0.05, 0.1) is 44.1 Å². The van der Waals surface area contributed by atoms with Crippen molar-refractivity contribution in [2.24, 2.45) is 0 Å². The van der Waals surface area contributed by atoms with Crippen LogP contribution in [-0.2, 0) is 0 Å². The molecular formula is C92H58N4. The normalized spacial score (nSPS) is 12.0. The van der Waals surface area contributed by atoms with Crippen LogP contribution in [0, 0.1) is 0 Å². The van der Waals surface area contributed by atoms with E-state index in [0.717, 1.165) is 0 Å². The summed E-state index contributed by atoms with van der Waals surface area (Å²) in [7, 11) is 0. The molecule has 0 fully saturated rings. The lowest BCUT2D eigenvalue weighted by atomic mass is 9.95. The predicted molar refractivity (Wildman–Crippen MR) is 409 cm³/mol. The zero-order valence-electron chi connectivity index (χ0n) is 52.3. The zero-order valence-corrected chi connectivity index (χ0v) is 52.3. The van der Waals surface area contributed by atoms with Gasteiger partial charge >= 0.3 is 0 Å². The Morgan fingerprint density at radius 3 is 0.719 bits per heavy atom. The number of hydrogen-bond donors (Lipinski definition) is 0. The third-order valence-electron chi connectivity index (χ3n) is 20.3. The first kappa shape index (κ1) is 53.9. The fraction of sp³-hybridized carbons (Fsp3) is 0. The first-order valence-corrected chi connectivity index (χ1v) is 33.1. The molecule has 4 heterocycles. The van der Waals surface area contributed by atoms with Crippen LogP contribution in [-0.4, -0.2) is 18.3 Å². The number of fused-ring (bicyclic) bond motifs is 21. The minimum atomic E-state index is 1.18. The Bertz CT molecular complexity index is 6550. The van der Waals surface area contributed by atoms with Gasteiger partial charge in [0, 0.05) is 65.8 Å². The highest BCUT2D eigenvalue weighted by Gasteiger charge is 2.21. The smallest absolute Gasteiger partial charge is 0.0547 e. The van der Waals surface area contributed by atoms with Gasteiger partial charge in [0.25, 0.3) is 0 Å². The van der Waals surface area contributed by atoms with Crippen molar-refractivity contribution in [3.63, 3.8) is 0 Å². The lowest BCUT2D eigenvalue weighted by Gasteiger charge is -2.11. The molecule has 4 nitrogen and oxygen atoms in total. The molecule has 21 aromatic rings. The molecule has 0 aliphatic rings. The third kappa shape index (κ3) is 8.29. The maximum Gasteiger partial charge on any atom is 0.0547 e. The highest BCUT2D eigenvalue weighted by molar-refractivity contribution is 6.26. The van der Waals surface area contributed by atoms with E-state index in [2.05, 4.69) is 370 Å². The van der Waals surface area contributed by atoms with Crippen molar-refractivity contribution in [3.05, 3.63) is 352 Å². The summed E-state index contributed by atoms with van der Waals surface area (Å²) in [5.74, 6) is 0. The average molecular weight is 1220 g/mol. The summed E-state index contributed by atoms with van der Waals surface area (Å²) in [6, 6.07) is 129. The van der Waals surface area contributed by atoms with Crippen LogP contribution in [0.4, 0.5) is 0 Å². The van der Waals surface area contributed by atoms with Crippen molar-refractivity contribution in [1.82, 2.24) is 18.3 Å². The van der Waals surface area contributed by atoms with Crippen LogP contribution in [0.5, 0.6) is 0 Å². The molecule has 21 rings (SSSR count). The summed E-state index contributed by atoms with van der Waals surface area (Å²) in [5, 5.41) is 23.0. The molecule has 0 aliphatic carbocycles. The highest BCUT2D eigenvalue weighted by Crippen LogP contribution is 2.44. The molecule has 0 bridgehead atoms. The number of benzene rings is 17. The van der Waals surface area contributed by atoms with Gasteiger partial charge in [0.15, 0.2) is 0 Å². The first-order chi connectivity index (χ1) is 47.6. The van der Waals surface area contributed by atoms with E-state index >= 15 is 0 Å². The lowest BCUT2D eigenvalue weighted by Crippen LogP contribution is -1.93. The minimum Gasteiger partial charge on any atom is -0.309 e. The predicted octanol–water partition coefficient (Wildman–Crippen LogP) is 24.9. The molecule has 0 saturated carbocycles. The fourth-order valence-electron chi connectivity index (χ4n) is 16.1. The quantitative estimate of drug-likeness (QED) is 0.158. The van der Waals surface area contributed by atoms with Crippen molar-refractivity contribution in [2.45, 2.75) is 0 Å². The van der Waals surface area contributed by atoms with Crippen molar-refractivity contribution < 1.29 is 0 Å². The summed E-state index contributed by atoms with van der Waals surface area (Å²) in [4.78, 5) is 0. The molecule has 4 heteroatoms. The molecule has 0 unspecified atom stereocenters. The van der Waals surface area contributed by atoms with Crippen LogP contribution >= 0.6 is 0 Å². The topological polar surface area (TPSA) is 19.7 Å². The summed E-state index contributed by atoms with van der Waals surface area (Å²) < 4.78 is 9.58. The Morgan fingerprint density at radius 2 is 0.396 bits per heavy atom. The van der Waals surface area contributed by atoms with Gasteiger partial charge in [-0.05, 0) is 197 Å². The maximum atomic E-state index is 2.42. The van der Waals surface area contributed by atoms with Gasteiger partial charge in [-0.3, -0.25) is 0 Å². The Balaban J connectivity index is 0.000000132. The molecule has 0 aliphatic heterocycles. The van der Waals surface area contributed by atoms with Crippen LogP contribution in [0.1, 0.15) is 0 Å². The van der Waals surface area contributed by atoms with Gasteiger partial charge in [-0.15, -0.1) is 0 Å². The summed E-state index contributed by atoms with van der Waals surface area (Å²) >= 11 is 0. The Kier molecular flexibility index (Phi) is 12.0. The van der Waals surface area contributed by atoms with E-state index in [1.54, 1.807) is 0 Å². The molecule has 4 aromatic heterocycles. The van der Waals surface area contributed by atoms with Crippen molar-refractivity contribution in [3.8, 4) is 45.0 Å². The number of para-hydroxylation sites is 7. The zero-order chi connectivity index (χ0) is 63.0. The molecule has 0 saturated heterocycles. The van der Waals surface area contributed by atoms with E-state index in [-0.39, 0.29) is 0 Å². The van der Waals surface area contributed by atoms with Gasteiger partial charge in [-0.1, -0.05) is 231 Å². The SMILES string of the molecule is c1ccc(-n2c3ccccc3c3c4ccc(-c5ccc6c(ccc7c6c6ccccc6n7-c6ccc7ccccc7c6)c5)cc4ccc32)cc1.c1ccc(-n2c3ccccc3c3c4ccc(-c5ccc6c(ccc7c6c6ccccc6n7-c6ccccc6)c5)cc4ccc32)cc1. The molecular weight excluding hydrogens is 1160 g/mol. The number of hydrogen-bond acceptors (Lipinski definition) is 0.